The van der Waals surface area contributed by atoms with Crippen molar-refractivity contribution in [3.63, 3.8) is 0 Å². The molecule has 0 aliphatic carbocycles. The molecule has 134 valence electrons. The fraction of sp³-hybridized carbons (Fsp3) is 0.200. The number of aromatic amines is 1. The van der Waals surface area contributed by atoms with Gasteiger partial charge in [-0.25, -0.2) is 0 Å². The number of amides is 2. The van der Waals surface area contributed by atoms with Crippen LogP contribution in [0.1, 0.15) is 12.5 Å². The highest BCUT2D eigenvalue weighted by Crippen LogP contribution is 2.23. The van der Waals surface area contributed by atoms with Crippen molar-refractivity contribution in [2.75, 3.05) is 18.5 Å². The van der Waals surface area contributed by atoms with Gasteiger partial charge in [0.2, 0.25) is 0 Å². The number of ether oxygens (including phenoxy) is 1. The highest BCUT2D eigenvalue weighted by Gasteiger charge is 2.15. The third-order valence-electron chi connectivity index (χ3n) is 4.00. The van der Waals surface area contributed by atoms with Crippen molar-refractivity contribution in [2.24, 2.45) is 0 Å². The number of carbonyl (C=O) groups is 2. The van der Waals surface area contributed by atoms with E-state index in [0.29, 0.717) is 31.0 Å². The van der Waals surface area contributed by atoms with Crippen LogP contribution in [0.25, 0.3) is 10.9 Å². The van der Waals surface area contributed by atoms with Crippen molar-refractivity contribution < 1.29 is 14.3 Å². The van der Waals surface area contributed by atoms with Crippen molar-refractivity contribution in [3.05, 3.63) is 60.3 Å². The molecule has 3 rings (SSSR count). The minimum absolute atomic E-state index is 0.376. The Bertz CT molecular complexity index is 917. The molecule has 1 heterocycles. The van der Waals surface area contributed by atoms with Crippen LogP contribution in [0.4, 0.5) is 5.69 Å². The molecular formula is C20H21N3O3. The third kappa shape index (κ3) is 4.03. The summed E-state index contributed by atoms with van der Waals surface area (Å²) in [4.78, 5) is 27.3. The quantitative estimate of drug-likeness (QED) is 0.597. The first kappa shape index (κ1) is 17.5. The first-order chi connectivity index (χ1) is 12.7. The molecule has 2 amide bonds. The molecule has 1 aromatic heterocycles. The Kier molecular flexibility index (Phi) is 5.53. The van der Waals surface area contributed by atoms with E-state index in [2.05, 4.69) is 15.6 Å². The van der Waals surface area contributed by atoms with Gasteiger partial charge in [-0.3, -0.25) is 9.59 Å². The van der Waals surface area contributed by atoms with Gasteiger partial charge in [0.25, 0.3) is 0 Å². The average Bonchev–Trinajstić information content (AvgIpc) is 3.07. The molecule has 0 aliphatic rings. The minimum Gasteiger partial charge on any atom is -0.492 e. The maximum atomic E-state index is 12.1. The highest BCUT2D eigenvalue weighted by molar-refractivity contribution is 6.39. The summed E-state index contributed by atoms with van der Waals surface area (Å²) in [5.41, 5.74) is 2.63. The van der Waals surface area contributed by atoms with Gasteiger partial charge in [0.1, 0.15) is 5.75 Å². The van der Waals surface area contributed by atoms with Crippen LogP contribution < -0.4 is 15.4 Å². The zero-order valence-electron chi connectivity index (χ0n) is 14.5. The third-order valence-corrected chi connectivity index (χ3v) is 4.00. The van der Waals surface area contributed by atoms with Crippen LogP contribution in [0, 0.1) is 0 Å². The van der Waals surface area contributed by atoms with E-state index in [1.165, 1.54) is 0 Å². The van der Waals surface area contributed by atoms with Gasteiger partial charge in [0, 0.05) is 23.6 Å². The van der Waals surface area contributed by atoms with Crippen LogP contribution in [-0.2, 0) is 16.0 Å². The van der Waals surface area contributed by atoms with Gasteiger partial charge in [-0.15, -0.1) is 0 Å². The molecule has 6 heteroatoms. The Balaban J connectivity index is 1.54. The second-order valence-corrected chi connectivity index (χ2v) is 5.75. The summed E-state index contributed by atoms with van der Waals surface area (Å²) < 4.78 is 5.44. The lowest BCUT2D eigenvalue weighted by Gasteiger charge is -2.11. The minimum atomic E-state index is -0.712. The van der Waals surface area contributed by atoms with E-state index in [0.717, 1.165) is 16.5 Å². The standard InChI is InChI=1S/C20H21N3O3/c1-2-26-18-10-6-5-9-17(18)23-20(25)19(24)21-12-11-14-13-22-16-8-4-3-7-15(14)16/h3-10,13,22H,2,11-12H2,1H3,(H,21,24)(H,23,25). The van der Waals surface area contributed by atoms with E-state index in [-0.39, 0.29) is 0 Å². The van der Waals surface area contributed by atoms with Crippen molar-refractivity contribution in [3.8, 4) is 5.75 Å². The number of carbonyl (C=O) groups excluding carboxylic acids is 2. The van der Waals surface area contributed by atoms with Gasteiger partial charge in [-0.2, -0.15) is 0 Å². The molecule has 0 fully saturated rings. The number of para-hydroxylation sites is 3. The van der Waals surface area contributed by atoms with Crippen LogP contribution >= 0.6 is 0 Å². The van der Waals surface area contributed by atoms with E-state index in [4.69, 9.17) is 4.74 Å². The van der Waals surface area contributed by atoms with Crippen molar-refractivity contribution in [2.45, 2.75) is 13.3 Å². The molecule has 0 unspecified atom stereocenters. The zero-order valence-corrected chi connectivity index (χ0v) is 14.5. The summed E-state index contributed by atoms with van der Waals surface area (Å²) in [5.74, 6) is -0.845. The normalized spacial score (nSPS) is 10.5. The summed E-state index contributed by atoms with van der Waals surface area (Å²) in [6, 6.07) is 15.0. The van der Waals surface area contributed by atoms with E-state index in [1.807, 2.05) is 43.5 Å². The van der Waals surface area contributed by atoms with E-state index in [9.17, 15) is 9.59 Å². The molecule has 0 atom stereocenters. The van der Waals surface area contributed by atoms with Crippen LogP contribution in [0.2, 0.25) is 0 Å². The number of hydrogen-bond acceptors (Lipinski definition) is 3. The average molecular weight is 351 g/mol. The largest absolute Gasteiger partial charge is 0.492 e. The number of H-pyrrole nitrogens is 1. The van der Waals surface area contributed by atoms with Crippen LogP contribution in [-0.4, -0.2) is 29.9 Å². The van der Waals surface area contributed by atoms with Crippen molar-refractivity contribution >= 4 is 28.4 Å². The van der Waals surface area contributed by atoms with Gasteiger partial charge in [-0.1, -0.05) is 30.3 Å². The maximum absolute atomic E-state index is 12.1. The van der Waals surface area contributed by atoms with Gasteiger partial charge < -0.3 is 20.4 Å². The summed E-state index contributed by atoms with van der Waals surface area (Å²) in [7, 11) is 0. The number of benzene rings is 2. The summed E-state index contributed by atoms with van der Waals surface area (Å²) in [5, 5.41) is 6.36. The number of anilines is 1. The van der Waals surface area contributed by atoms with Crippen LogP contribution in [0.15, 0.2) is 54.7 Å². The molecule has 0 saturated heterocycles. The van der Waals surface area contributed by atoms with Crippen molar-refractivity contribution in [1.29, 1.82) is 0 Å². The molecule has 3 N–H and O–H groups in total. The number of hydrogen-bond donors (Lipinski definition) is 3. The second-order valence-electron chi connectivity index (χ2n) is 5.75. The first-order valence-electron chi connectivity index (χ1n) is 8.55. The monoisotopic (exact) mass is 351 g/mol. The zero-order chi connectivity index (χ0) is 18.4. The molecule has 26 heavy (non-hydrogen) atoms. The lowest BCUT2D eigenvalue weighted by Crippen LogP contribution is -2.36. The second kappa shape index (κ2) is 8.20. The lowest BCUT2D eigenvalue weighted by atomic mass is 10.1. The topological polar surface area (TPSA) is 83.2 Å². The lowest BCUT2D eigenvalue weighted by molar-refractivity contribution is -0.136. The number of fused-ring (bicyclic) bond motifs is 1. The Hall–Kier alpha value is -3.28. The van der Waals surface area contributed by atoms with Crippen LogP contribution in [0.3, 0.4) is 0 Å². The van der Waals surface area contributed by atoms with Gasteiger partial charge in [0.15, 0.2) is 0 Å². The van der Waals surface area contributed by atoms with Crippen LogP contribution in [0.5, 0.6) is 5.75 Å². The molecule has 0 spiro atoms. The van der Waals surface area contributed by atoms with E-state index >= 15 is 0 Å². The molecular weight excluding hydrogens is 330 g/mol. The van der Waals surface area contributed by atoms with Crippen molar-refractivity contribution in [1.82, 2.24) is 10.3 Å². The highest BCUT2D eigenvalue weighted by atomic mass is 16.5. The molecule has 3 aromatic rings. The molecule has 2 aromatic carbocycles. The number of nitrogens with one attached hydrogen (secondary N) is 3. The van der Waals surface area contributed by atoms with Gasteiger partial charge in [0.05, 0.1) is 12.3 Å². The van der Waals surface area contributed by atoms with E-state index < -0.39 is 11.8 Å². The Morgan fingerprint density at radius 3 is 2.65 bits per heavy atom. The summed E-state index contributed by atoms with van der Waals surface area (Å²) in [6.45, 7) is 2.71. The predicted octanol–water partition coefficient (Wildman–Crippen LogP) is 2.86. The fourth-order valence-corrected chi connectivity index (χ4v) is 2.76. The molecule has 0 aliphatic heterocycles. The molecule has 6 nitrogen and oxygen atoms in total. The Morgan fingerprint density at radius 1 is 1.04 bits per heavy atom. The molecule has 0 radical (unpaired) electrons. The SMILES string of the molecule is CCOc1ccccc1NC(=O)C(=O)NCCc1c[nH]c2ccccc12. The fourth-order valence-electron chi connectivity index (χ4n) is 2.76. The summed E-state index contributed by atoms with van der Waals surface area (Å²) >= 11 is 0. The Labute approximate surface area is 151 Å². The van der Waals surface area contributed by atoms with E-state index in [1.54, 1.807) is 18.2 Å². The number of aromatic nitrogens is 1. The number of rotatable bonds is 6. The molecule has 0 bridgehead atoms. The smallest absolute Gasteiger partial charge is 0.313 e. The predicted molar refractivity (Wildman–Crippen MR) is 101 cm³/mol. The van der Waals surface area contributed by atoms with Gasteiger partial charge >= 0.3 is 11.8 Å². The summed E-state index contributed by atoms with van der Waals surface area (Å²) in [6.07, 6.45) is 2.56. The maximum Gasteiger partial charge on any atom is 0.313 e. The molecule has 0 saturated carbocycles. The first-order valence-corrected chi connectivity index (χ1v) is 8.55. The Morgan fingerprint density at radius 2 is 1.81 bits per heavy atom. The van der Waals surface area contributed by atoms with Gasteiger partial charge in [-0.05, 0) is 37.1 Å².